The number of carboxylic acid groups (broad SMARTS) is 1. The molecule has 34 heavy (non-hydrogen) atoms. The number of nitrogens with zero attached hydrogens (tertiary/aromatic N) is 1. The van der Waals surface area contributed by atoms with Crippen molar-refractivity contribution >= 4 is 40.1 Å². The molecular formula is C25H20ClN3O4S. The number of halogens is 1. The number of aliphatic carboxylic acids is 1. The molecule has 0 spiro atoms. The van der Waals surface area contributed by atoms with Crippen LogP contribution in [-0.2, 0) is 21.4 Å². The van der Waals surface area contributed by atoms with E-state index >= 15 is 0 Å². The van der Waals surface area contributed by atoms with Gasteiger partial charge in [-0.3, -0.25) is 14.2 Å². The Kier molecular flexibility index (Phi) is 5.85. The number of hydrogen-bond donors (Lipinski definition) is 3. The molecule has 1 atom stereocenters. The van der Waals surface area contributed by atoms with Crippen molar-refractivity contribution in [2.45, 2.75) is 18.3 Å². The Hall–Kier alpha value is -3.62. The number of nitrogens with one attached hydrogen (secondary N) is 2. The molecule has 0 radical (unpaired) electrons. The molecule has 0 bridgehead atoms. The Morgan fingerprint density at radius 1 is 0.912 bits per heavy atom. The first-order valence-corrected chi connectivity index (χ1v) is 12.1. The Morgan fingerprint density at radius 2 is 1.50 bits per heavy atom. The number of benzene rings is 3. The van der Waals surface area contributed by atoms with E-state index in [4.69, 9.17) is 16.1 Å². The molecule has 1 saturated carbocycles. The minimum absolute atomic E-state index is 0.452. The van der Waals surface area contributed by atoms with Gasteiger partial charge in [0.05, 0.1) is 22.3 Å². The summed E-state index contributed by atoms with van der Waals surface area (Å²) < 4.78 is 23.6. The molecule has 9 heteroatoms. The lowest BCUT2D eigenvalue weighted by molar-refractivity contribution is -0.140. The molecule has 7 nitrogen and oxygen atoms in total. The van der Waals surface area contributed by atoms with Crippen LogP contribution in [0, 0.1) is 0 Å². The van der Waals surface area contributed by atoms with Crippen LogP contribution in [0.15, 0.2) is 83.5 Å². The van der Waals surface area contributed by atoms with Crippen LogP contribution in [0.4, 0.5) is 11.4 Å². The molecule has 1 unspecified atom stereocenters. The maximum atomic E-state index is 12.5. The van der Waals surface area contributed by atoms with Crippen molar-refractivity contribution in [2.24, 2.45) is 0 Å². The number of carboxylic acids is 1. The maximum absolute atomic E-state index is 12.5. The predicted octanol–water partition coefficient (Wildman–Crippen LogP) is 5.88. The van der Waals surface area contributed by atoms with Crippen LogP contribution in [0.25, 0.3) is 22.5 Å². The molecule has 0 aliphatic heterocycles. The average molecular weight is 494 g/mol. The Bertz CT molecular complexity index is 1370. The number of hydrogen-bond acceptors (Lipinski definition) is 4. The van der Waals surface area contributed by atoms with Crippen molar-refractivity contribution in [2.75, 3.05) is 9.44 Å². The zero-order valence-corrected chi connectivity index (χ0v) is 19.4. The van der Waals surface area contributed by atoms with E-state index in [0.29, 0.717) is 35.0 Å². The molecule has 1 aliphatic carbocycles. The number of rotatable bonds is 8. The Labute approximate surface area is 203 Å². The highest BCUT2D eigenvalue weighted by Crippen LogP contribution is 2.48. The van der Waals surface area contributed by atoms with Crippen LogP contribution in [0.5, 0.6) is 0 Å². The highest BCUT2D eigenvalue weighted by atomic mass is 35.5. The number of aromatic nitrogens is 1. The number of para-hydroxylation sites is 1. The number of anilines is 2. The molecule has 4 aromatic rings. The average Bonchev–Trinajstić information content (AvgIpc) is 3.54. The van der Waals surface area contributed by atoms with Crippen molar-refractivity contribution in [1.82, 2.24) is 5.16 Å². The third-order valence-corrected chi connectivity index (χ3v) is 7.07. The molecule has 1 aromatic heterocycles. The van der Waals surface area contributed by atoms with Crippen LogP contribution in [-0.4, -0.2) is 20.4 Å². The molecule has 172 valence electrons. The van der Waals surface area contributed by atoms with Gasteiger partial charge in [-0.1, -0.05) is 77.4 Å². The highest BCUT2D eigenvalue weighted by Gasteiger charge is 2.51. The van der Waals surface area contributed by atoms with Crippen molar-refractivity contribution in [3.8, 4) is 22.5 Å². The molecule has 0 amide bonds. The lowest BCUT2D eigenvalue weighted by Crippen LogP contribution is -2.19. The van der Waals surface area contributed by atoms with E-state index < -0.39 is 22.6 Å². The molecule has 3 aromatic carbocycles. The molecule has 0 saturated heterocycles. The van der Waals surface area contributed by atoms with E-state index in [-0.39, 0.29) is 0 Å². The van der Waals surface area contributed by atoms with Crippen LogP contribution in [0.2, 0.25) is 5.02 Å². The zero-order valence-electron chi connectivity index (χ0n) is 17.8. The van der Waals surface area contributed by atoms with Gasteiger partial charge in [-0.05, 0) is 41.7 Å². The van der Waals surface area contributed by atoms with E-state index in [2.05, 4.69) is 14.6 Å². The van der Waals surface area contributed by atoms with Crippen LogP contribution >= 0.6 is 11.6 Å². The second kappa shape index (κ2) is 8.96. The monoisotopic (exact) mass is 493 g/mol. The summed E-state index contributed by atoms with van der Waals surface area (Å²) in [6.45, 7) is 0. The van der Waals surface area contributed by atoms with Crippen molar-refractivity contribution in [3.05, 3.63) is 89.6 Å². The first-order valence-electron chi connectivity index (χ1n) is 10.6. The Balaban J connectivity index is 1.30. The van der Waals surface area contributed by atoms with Gasteiger partial charge in [0.15, 0.2) is 5.76 Å². The van der Waals surface area contributed by atoms with Gasteiger partial charge in [0.2, 0.25) is 11.2 Å². The van der Waals surface area contributed by atoms with Crippen LogP contribution < -0.4 is 9.44 Å². The van der Waals surface area contributed by atoms with Gasteiger partial charge in [-0.2, -0.15) is 0 Å². The third kappa shape index (κ3) is 4.30. The summed E-state index contributed by atoms with van der Waals surface area (Å²) in [4.78, 5) is 11.5. The maximum Gasteiger partial charge on any atom is 0.314 e. The fourth-order valence-corrected chi connectivity index (χ4v) is 4.85. The van der Waals surface area contributed by atoms with E-state index in [1.165, 1.54) is 6.20 Å². The second-order valence-electron chi connectivity index (χ2n) is 8.06. The molecular weight excluding hydrogens is 474 g/mol. The lowest BCUT2D eigenvalue weighted by Gasteiger charge is -2.11. The summed E-state index contributed by atoms with van der Waals surface area (Å²) in [5.74, 6) is -0.308. The van der Waals surface area contributed by atoms with Gasteiger partial charge in [0.25, 0.3) is 0 Å². The third-order valence-electron chi connectivity index (χ3n) is 5.93. The fraction of sp³-hybridized carbons (Fsp3) is 0.120. The van der Waals surface area contributed by atoms with Crippen LogP contribution in [0.3, 0.4) is 0 Å². The summed E-state index contributed by atoms with van der Waals surface area (Å²) in [5.41, 5.74) is 3.87. The van der Waals surface area contributed by atoms with Gasteiger partial charge >= 0.3 is 5.97 Å². The summed E-state index contributed by atoms with van der Waals surface area (Å²) in [6.07, 6.45) is 2.83. The van der Waals surface area contributed by atoms with E-state index in [9.17, 15) is 14.1 Å². The van der Waals surface area contributed by atoms with Gasteiger partial charge in [0.1, 0.15) is 5.69 Å². The van der Waals surface area contributed by atoms with Gasteiger partial charge < -0.3 is 9.63 Å². The quantitative estimate of drug-likeness (QED) is 0.284. The highest BCUT2D eigenvalue weighted by molar-refractivity contribution is 7.87. The zero-order chi connectivity index (χ0) is 23.7. The summed E-state index contributed by atoms with van der Waals surface area (Å²) in [5, 5.41) is 13.8. The normalized spacial score (nSPS) is 14.9. The smallest absolute Gasteiger partial charge is 0.314 e. The molecule has 1 fully saturated rings. The lowest BCUT2D eigenvalue weighted by atomic mass is 9.93. The summed E-state index contributed by atoms with van der Waals surface area (Å²) in [7, 11) is 0. The summed E-state index contributed by atoms with van der Waals surface area (Å²) >= 11 is 4.45. The van der Waals surface area contributed by atoms with Gasteiger partial charge in [-0.15, -0.1) is 0 Å². The molecule has 5 rings (SSSR count). The van der Waals surface area contributed by atoms with Crippen molar-refractivity contribution < 1.29 is 18.6 Å². The summed E-state index contributed by atoms with van der Waals surface area (Å²) in [6, 6.07) is 22.4. The standard InChI is InChI=1S/C25H20ClN3O4S/c26-20-3-1-2-4-21(20)28-34(32)29-22-15-27-33-23(22)18-7-5-16(6-8-18)17-9-11-19(12-10-17)25(13-14-25)24(30)31/h1-12,15,28-29H,13-14H2,(H,30,31). The SMILES string of the molecule is O=C(O)C1(c2ccc(-c3ccc(-c4oncc4NS(=O)Nc4ccccc4Cl)cc3)cc2)CC1. The van der Waals surface area contributed by atoms with Crippen molar-refractivity contribution in [3.63, 3.8) is 0 Å². The van der Waals surface area contributed by atoms with Crippen molar-refractivity contribution in [1.29, 1.82) is 0 Å². The van der Waals surface area contributed by atoms with Crippen LogP contribution in [0.1, 0.15) is 18.4 Å². The van der Waals surface area contributed by atoms with E-state index in [1.54, 1.807) is 24.3 Å². The second-order valence-corrected chi connectivity index (χ2v) is 9.42. The molecule has 3 N–H and O–H groups in total. The van der Waals surface area contributed by atoms with E-state index in [0.717, 1.165) is 22.3 Å². The topological polar surface area (TPSA) is 104 Å². The number of carbonyl (C=O) groups is 1. The Morgan fingerprint density at radius 3 is 2.12 bits per heavy atom. The minimum atomic E-state index is -1.66. The first-order chi connectivity index (χ1) is 16.5. The largest absolute Gasteiger partial charge is 0.481 e. The van der Waals surface area contributed by atoms with E-state index in [1.807, 2.05) is 48.5 Å². The molecule has 1 heterocycles. The van der Waals surface area contributed by atoms with Gasteiger partial charge in [-0.25, -0.2) is 4.21 Å². The predicted molar refractivity (Wildman–Crippen MR) is 133 cm³/mol. The fourth-order valence-electron chi connectivity index (χ4n) is 3.84. The molecule has 1 aliphatic rings. The minimum Gasteiger partial charge on any atom is -0.481 e. The first kappa shape index (κ1) is 22.2. The van der Waals surface area contributed by atoms with Gasteiger partial charge in [0, 0.05) is 5.56 Å².